The lowest BCUT2D eigenvalue weighted by atomic mass is 9.94. The van der Waals surface area contributed by atoms with E-state index in [1.54, 1.807) is 26.2 Å². The first kappa shape index (κ1) is 22.4. The van der Waals surface area contributed by atoms with Crippen LogP contribution in [0, 0.1) is 22.7 Å². The van der Waals surface area contributed by atoms with Gasteiger partial charge in [-0.1, -0.05) is 0 Å². The average Bonchev–Trinajstić information content (AvgIpc) is 3.63. The Morgan fingerprint density at radius 3 is 2.79 bits per heavy atom. The summed E-state index contributed by atoms with van der Waals surface area (Å²) in [6, 6.07) is 5.93. The van der Waals surface area contributed by atoms with Crippen LogP contribution in [0.3, 0.4) is 0 Å². The van der Waals surface area contributed by atoms with Gasteiger partial charge in [0.2, 0.25) is 0 Å². The Bertz CT molecular complexity index is 1160. The van der Waals surface area contributed by atoms with E-state index in [-0.39, 0.29) is 18.0 Å². The number of nitrogen functional groups attached to an aromatic ring is 1. The number of anilines is 1. The molecular formula is C23H27FN8O. The highest BCUT2D eigenvalue weighted by Gasteiger charge is 2.26. The standard InChI is InChI=1S/C23H27FN8O/c1-12-17-8-15(24)5-6-16(17)21(25)18(32-28-2)9-19(31-27)22(29-10-13-3-4-13)14-7-20(33-12)23(26)30-11-14/h5-8,11-13,25,27-29H,3-4,9-10H2,1-2H3,(H2,26,30)/b22-19-,25-21?,31-27?,32-18-. The number of aromatic nitrogens is 1. The normalized spacial score (nSPS) is 22.0. The van der Waals surface area contributed by atoms with Crippen molar-refractivity contribution in [1.29, 1.82) is 10.9 Å². The molecule has 1 aliphatic heterocycles. The SMILES string of the molecule is CN/N=C1/C/C(N=N)=C(/NCC2CC2)c2cnc(N)c(c2)OC(C)c2cc(F)ccc2C1=N. The van der Waals surface area contributed by atoms with E-state index in [0.717, 1.165) is 19.4 Å². The second-order valence-electron chi connectivity index (χ2n) is 8.19. The Balaban J connectivity index is 1.91. The number of pyridine rings is 1. The molecule has 9 nitrogen and oxygen atoms in total. The van der Waals surface area contributed by atoms with Gasteiger partial charge in [0.15, 0.2) is 11.6 Å². The van der Waals surface area contributed by atoms with Crippen molar-refractivity contribution in [2.45, 2.75) is 32.3 Å². The Kier molecular flexibility index (Phi) is 6.34. The lowest BCUT2D eigenvalue weighted by Crippen LogP contribution is -2.24. The first-order chi connectivity index (χ1) is 15.9. The molecular weight excluding hydrogens is 423 g/mol. The molecule has 10 heteroatoms. The third-order valence-electron chi connectivity index (χ3n) is 5.75. The molecule has 2 aliphatic rings. The maximum atomic E-state index is 14.2. The summed E-state index contributed by atoms with van der Waals surface area (Å²) >= 11 is 0. The number of hydrogen-bond donors (Lipinski definition) is 5. The predicted octanol–water partition coefficient (Wildman–Crippen LogP) is 3.99. The molecule has 1 fully saturated rings. The number of nitrogens with one attached hydrogen (secondary N) is 4. The van der Waals surface area contributed by atoms with Gasteiger partial charge in [-0.2, -0.15) is 10.2 Å². The number of nitrogens with two attached hydrogens (primary N) is 1. The van der Waals surface area contributed by atoms with E-state index in [1.807, 2.05) is 0 Å². The van der Waals surface area contributed by atoms with E-state index in [0.29, 0.717) is 45.5 Å². The summed E-state index contributed by atoms with van der Waals surface area (Å²) in [4.78, 5) is 4.29. The Morgan fingerprint density at radius 1 is 1.30 bits per heavy atom. The maximum absolute atomic E-state index is 14.2. The zero-order valence-electron chi connectivity index (χ0n) is 18.6. The third kappa shape index (κ3) is 4.84. The van der Waals surface area contributed by atoms with Gasteiger partial charge in [0.05, 0.1) is 22.8 Å². The van der Waals surface area contributed by atoms with Gasteiger partial charge in [-0.05, 0) is 49.9 Å². The molecule has 172 valence electrons. The summed E-state index contributed by atoms with van der Waals surface area (Å²) in [7, 11) is 1.64. The lowest BCUT2D eigenvalue weighted by Gasteiger charge is -2.23. The van der Waals surface area contributed by atoms with Crippen LogP contribution < -0.4 is 21.2 Å². The minimum atomic E-state index is -0.613. The highest BCUT2D eigenvalue weighted by Crippen LogP contribution is 2.34. The molecule has 0 spiro atoms. The molecule has 1 unspecified atom stereocenters. The van der Waals surface area contributed by atoms with Crippen LogP contribution in [0.15, 0.2) is 46.4 Å². The van der Waals surface area contributed by atoms with Crippen molar-refractivity contribution in [1.82, 2.24) is 15.7 Å². The molecule has 0 amide bonds. The summed E-state index contributed by atoms with van der Waals surface area (Å²) in [5, 5.41) is 20.4. The van der Waals surface area contributed by atoms with Gasteiger partial charge in [-0.15, -0.1) is 0 Å². The van der Waals surface area contributed by atoms with Gasteiger partial charge in [0.1, 0.15) is 11.9 Å². The van der Waals surface area contributed by atoms with E-state index < -0.39 is 11.9 Å². The molecule has 1 aromatic carbocycles. The van der Waals surface area contributed by atoms with Gasteiger partial charge in [-0.25, -0.2) is 14.9 Å². The predicted molar refractivity (Wildman–Crippen MR) is 125 cm³/mol. The maximum Gasteiger partial charge on any atom is 0.166 e. The van der Waals surface area contributed by atoms with Crippen molar-refractivity contribution in [3.8, 4) is 5.75 Å². The first-order valence-electron chi connectivity index (χ1n) is 10.8. The number of halogens is 1. The summed E-state index contributed by atoms with van der Waals surface area (Å²) in [6.07, 6.45) is 3.42. The van der Waals surface area contributed by atoms with Crippen LogP contribution in [0.5, 0.6) is 5.75 Å². The van der Waals surface area contributed by atoms with Crippen molar-refractivity contribution < 1.29 is 9.13 Å². The van der Waals surface area contributed by atoms with E-state index in [4.69, 9.17) is 21.4 Å². The van der Waals surface area contributed by atoms with Gasteiger partial charge in [0, 0.05) is 42.9 Å². The van der Waals surface area contributed by atoms with Gasteiger partial charge >= 0.3 is 0 Å². The Hall–Kier alpha value is -3.82. The molecule has 1 aromatic heterocycles. The molecule has 2 aromatic rings. The highest BCUT2D eigenvalue weighted by atomic mass is 19.1. The summed E-state index contributed by atoms with van der Waals surface area (Å²) in [5.74, 6) is 0.665. The molecule has 2 heterocycles. The molecule has 6 N–H and O–H groups in total. The molecule has 1 aliphatic carbocycles. The van der Waals surface area contributed by atoms with E-state index in [9.17, 15) is 4.39 Å². The molecule has 0 saturated heterocycles. The van der Waals surface area contributed by atoms with Crippen molar-refractivity contribution in [2.24, 2.45) is 16.1 Å². The summed E-state index contributed by atoms with van der Waals surface area (Å²) < 4.78 is 20.3. The minimum Gasteiger partial charge on any atom is -0.482 e. The van der Waals surface area contributed by atoms with Crippen LogP contribution in [-0.4, -0.2) is 30.0 Å². The Labute approximate surface area is 191 Å². The number of ether oxygens (including phenoxy) is 1. The average molecular weight is 451 g/mol. The Morgan fingerprint density at radius 2 is 2.09 bits per heavy atom. The van der Waals surface area contributed by atoms with Gasteiger partial charge < -0.3 is 21.2 Å². The van der Waals surface area contributed by atoms with Crippen molar-refractivity contribution >= 4 is 22.9 Å². The van der Waals surface area contributed by atoms with Crippen LogP contribution in [0.25, 0.3) is 5.70 Å². The fourth-order valence-electron chi connectivity index (χ4n) is 3.79. The topological polar surface area (TPSA) is 145 Å². The monoisotopic (exact) mass is 450 g/mol. The van der Waals surface area contributed by atoms with E-state index >= 15 is 0 Å². The van der Waals surface area contributed by atoms with Gasteiger partial charge in [0.25, 0.3) is 0 Å². The summed E-state index contributed by atoms with van der Waals surface area (Å²) in [5.41, 5.74) is 19.8. The second-order valence-corrected chi connectivity index (χ2v) is 8.19. The van der Waals surface area contributed by atoms with Crippen LogP contribution in [0.4, 0.5) is 10.2 Å². The zero-order valence-corrected chi connectivity index (χ0v) is 18.6. The molecule has 1 saturated carbocycles. The quantitative estimate of drug-likeness (QED) is 0.345. The second kappa shape index (κ2) is 9.35. The highest BCUT2D eigenvalue weighted by molar-refractivity contribution is 6.48. The molecule has 33 heavy (non-hydrogen) atoms. The molecule has 4 rings (SSSR count). The van der Waals surface area contributed by atoms with Crippen LogP contribution in [0.1, 0.15) is 49.0 Å². The molecule has 2 bridgehead atoms. The zero-order chi connectivity index (χ0) is 23.5. The van der Waals surface area contributed by atoms with Crippen molar-refractivity contribution in [2.75, 3.05) is 19.3 Å². The van der Waals surface area contributed by atoms with Crippen molar-refractivity contribution in [3.63, 3.8) is 0 Å². The number of benzene rings is 1. The number of rotatable bonds is 5. The lowest BCUT2D eigenvalue weighted by molar-refractivity contribution is 0.227. The number of fused-ring (bicyclic) bond motifs is 3. The van der Waals surface area contributed by atoms with Crippen LogP contribution >= 0.6 is 0 Å². The summed E-state index contributed by atoms with van der Waals surface area (Å²) in [6.45, 7) is 2.51. The third-order valence-corrected chi connectivity index (χ3v) is 5.75. The van der Waals surface area contributed by atoms with E-state index in [2.05, 4.69) is 25.9 Å². The smallest absolute Gasteiger partial charge is 0.166 e. The number of nitrogens with zero attached hydrogens (tertiary/aromatic N) is 3. The fourth-order valence-corrected chi connectivity index (χ4v) is 3.79. The van der Waals surface area contributed by atoms with Crippen LogP contribution in [-0.2, 0) is 0 Å². The number of allylic oxidation sites excluding steroid dienone is 1. The number of hydrazone groups is 1. The molecule has 1 atom stereocenters. The van der Waals surface area contributed by atoms with Crippen LogP contribution in [0.2, 0.25) is 0 Å². The first-order valence-corrected chi connectivity index (χ1v) is 10.8. The minimum absolute atomic E-state index is 0.0906. The number of hydrogen-bond acceptors (Lipinski definition) is 9. The van der Waals surface area contributed by atoms with Gasteiger partial charge in [-0.3, -0.25) is 5.41 Å². The van der Waals surface area contributed by atoms with E-state index in [1.165, 1.54) is 18.2 Å². The molecule has 0 radical (unpaired) electrons. The van der Waals surface area contributed by atoms with Crippen molar-refractivity contribution in [3.05, 3.63) is 58.7 Å². The fraction of sp³-hybridized carbons (Fsp3) is 0.348. The largest absolute Gasteiger partial charge is 0.482 e.